The number of alkyl halides is 3. The van der Waals surface area contributed by atoms with Crippen molar-refractivity contribution in [2.75, 3.05) is 7.11 Å². The second-order valence-electron chi connectivity index (χ2n) is 2.53. The number of nitrogens with zero attached hydrogens (tertiary/aromatic N) is 1. The van der Waals surface area contributed by atoms with Crippen LogP contribution in [0.4, 0.5) is 13.2 Å². The van der Waals surface area contributed by atoms with Crippen LogP contribution in [0.25, 0.3) is 0 Å². The molecule has 4 nitrogen and oxygen atoms in total. The minimum atomic E-state index is -4.87. The number of halogens is 4. The van der Waals surface area contributed by atoms with E-state index in [9.17, 15) is 18.0 Å². The van der Waals surface area contributed by atoms with Gasteiger partial charge in [-0.25, -0.2) is 4.98 Å². The van der Waals surface area contributed by atoms with Crippen LogP contribution in [0.1, 0.15) is 10.4 Å². The molecule has 0 aliphatic rings. The van der Waals surface area contributed by atoms with Gasteiger partial charge in [0.25, 0.3) is 0 Å². The van der Waals surface area contributed by atoms with Crippen LogP contribution in [0.5, 0.6) is 11.6 Å². The summed E-state index contributed by atoms with van der Waals surface area (Å²) in [4.78, 5) is 14.4. The molecule has 88 valence electrons. The van der Waals surface area contributed by atoms with Crippen molar-refractivity contribution in [1.29, 1.82) is 0 Å². The lowest BCUT2D eigenvalue weighted by molar-refractivity contribution is -0.274. The van der Waals surface area contributed by atoms with Gasteiger partial charge in [-0.05, 0) is 22.6 Å². The molecule has 0 aliphatic heterocycles. The molecule has 0 N–H and O–H groups in total. The van der Waals surface area contributed by atoms with E-state index in [0.717, 1.165) is 6.07 Å². The maximum absolute atomic E-state index is 12.0. The SMILES string of the molecule is COc1nc(I)cc(OC(F)(F)F)c1C=O. The Hall–Kier alpha value is -1.06. The third-order valence-corrected chi connectivity index (χ3v) is 2.04. The Labute approximate surface area is 102 Å². The first kappa shape index (κ1) is 13.0. The summed E-state index contributed by atoms with van der Waals surface area (Å²) in [6, 6.07) is 1.00. The average Bonchev–Trinajstić information content (AvgIpc) is 2.14. The molecule has 0 aliphatic carbocycles. The molecule has 0 spiro atoms. The van der Waals surface area contributed by atoms with Gasteiger partial charge in [0.15, 0.2) is 6.29 Å². The van der Waals surface area contributed by atoms with Crippen molar-refractivity contribution < 1.29 is 27.4 Å². The number of aromatic nitrogens is 1. The summed E-state index contributed by atoms with van der Waals surface area (Å²) in [6.07, 6.45) is -4.67. The third-order valence-electron chi connectivity index (χ3n) is 1.49. The summed E-state index contributed by atoms with van der Waals surface area (Å²) in [5.41, 5.74) is -0.375. The van der Waals surface area contributed by atoms with Gasteiger partial charge >= 0.3 is 6.36 Å². The largest absolute Gasteiger partial charge is 0.573 e. The van der Waals surface area contributed by atoms with Crippen LogP contribution in [0.2, 0.25) is 0 Å². The van der Waals surface area contributed by atoms with Gasteiger partial charge in [0.1, 0.15) is 15.0 Å². The van der Waals surface area contributed by atoms with Crippen molar-refractivity contribution in [2.24, 2.45) is 0 Å². The highest BCUT2D eigenvalue weighted by Gasteiger charge is 2.33. The van der Waals surface area contributed by atoms with Crippen LogP contribution in [0.15, 0.2) is 6.07 Å². The van der Waals surface area contributed by atoms with Gasteiger partial charge in [0.05, 0.1) is 7.11 Å². The van der Waals surface area contributed by atoms with Crippen molar-refractivity contribution in [3.05, 3.63) is 15.3 Å². The zero-order chi connectivity index (χ0) is 12.3. The zero-order valence-corrected chi connectivity index (χ0v) is 10.00. The monoisotopic (exact) mass is 347 g/mol. The lowest BCUT2D eigenvalue weighted by Gasteiger charge is -2.12. The zero-order valence-electron chi connectivity index (χ0n) is 7.84. The number of methoxy groups -OCH3 is 1. The number of aldehydes is 1. The molecule has 0 atom stereocenters. The summed E-state index contributed by atoms with van der Waals surface area (Å²) in [5, 5.41) is 0. The highest BCUT2D eigenvalue weighted by Crippen LogP contribution is 2.31. The molecule has 0 amide bonds. The number of ether oxygens (including phenoxy) is 2. The Morgan fingerprint density at radius 2 is 2.12 bits per heavy atom. The standard InChI is InChI=1S/C8H5F3INO3/c1-15-7-4(3-14)5(2-6(12)13-7)16-8(9,10)11/h2-3H,1H3. The third kappa shape index (κ3) is 3.22. The number of carbonyl (C=O) groups excluding carboxylic acids is 1. The van der Waals surface area contributed by atoms with E-state index < -0.39 is 12.1 Å². The molecule has 1 rings (SSSR count). The van der Waals surface area contributed by atoms with Crippen molar-refractivity contribution in [2.45, 2.75) is 6.36 Å². The van der Waals surface area contributed by atoms with Crippen molar-refractivity contribution in [3.8, 4) is 11.6 Å². The van der Waals surface area contributed by atoms with E-state index in [0.29, 0.717) is 0 Å². The molecule has 1 aromatic heterocycles. The number of carbonyl (C=O) groups is 1. The molecule has 8 heteroatoms. The maximum Gasteiger partial charge on any atom is 0.573 e. The van der Waals surface area contributed by atoms with Gasteiger partial charge in [-0.3, -0.25) is 4.79 Å². The average molecular weight is 347 g/mol. The van der Waals surface area contributed by atoms with E-state index in [2.05, 4.69) is 14.5 Å². The first-order valence-electron chi connectivity index (χ1n) is 3.83. The van der Waals surface area contributed by atoms with E-state index >= 15 is 0 Å². The van der Waals surface area contributed by atoms with Crippen LogP contribution in [-0.2, 0) is 0 Å². The van der Waals surface area contributed by atoms with E-state index in [-0.39, 0.29) is 21.4 Å². The minimum Gasteiger partial charge on any atom is -0.480 e. The van der Waals surface area contributed by atoms with Gasteiger partial charge in [-0.2, -0.15) is 0 Å². The van der Waals surface area contributed by atoms with Crippen molar-refractivity contribution in [1.82, 2.24) is 4.98 Å². The van der Waals surface area contributed by atoms with Gasteiger partial charge in [0.2, 0.25) is 5.88 Å². The van der Waals surface area contributed by atoms with Gasteiger partial charge < -0.3 is 9.47 Å². The molecular formula is C8H5F3INO3. The normalized spacial score (nSPS) is 11.1. The molecule has 0 unspecified atom stereocenters. The Morgan fingerprint density at radius 3 is 2.56 bits per heavy atom. The Morgan fingerprint density at radius 1 is 1.50 bits per heavy atom. The summed E-state index contributed by atoms with van der Waals surface area (Å²) >= 11 is 1.68. The second kappa shape index (κ2) is 4.85. The quantitative estimate of drug-likeness (QED) is 0.479. The highest BCUT2D eigenvalue weighted by atomic mass is 127. The Kier molecular flexibility index (Phi) is 3.94. The fourth-order valence-electron chi connectivity index (χ4n) is 0.954. The minimum absolute atomic E-state index is 0.197. The van der Waals surface area contributed by atoms with Gasteiger partial charge in [0, 0.05) is 6.07 Å². The molecule has 0 saturated carbocycles. The summed E-state index contributed by atoms with van der Waals surface area (Å²) in [6.45, 7) is 0. The van der Waals surface area contributed by atoms with Crippen LogP contribution in [0, 0.1) is 3.70 Å². The number of hydrogen-bond donors (Lipinski definition) is 0. The lowest BCUT2D eigenvalue weighted by atomic mass is 10.2. The molecular weight excluding hydrogens is 342 g/mol. The topological polar surface area (TPSA) is 48.4 Å². The van der Waals surface area contributed by atoms with Crippen molar-refractivity contribution in [3.63, 3.8) is 0 Å². The molecule has 1 heterocycles. The van der Waals surface area contributed by atoms with Crippen LogP contribution < -0.4 is 9.47 Å². The van der Waals surface area contributed by atoms with E-state index in [1.165, 1.54) is 7.11 Å². The van der Waals surface area contributed by atoms with Crippen LogP contribution in [-0.4, -0.2) is 24.7 Å². The number of hydrogen-bond acceptors (Lipinski definition) is 4. The smallest absolute Gasteiger partial charge is 0.480 e. The van der Waals surface area contributed by atoms with E-state index in [1.807, 2.05) is 0 Å². The lowest BCUT2D eigenvalue weighted by Crippen LogP contribution is -2.18. The van der Waals surface area contributed by atoms with Gasteiger partial charge in [-0.15, -0.1) is 13.2 Å². The molecule has 16 heavy (non-hydrogen) atoms. The van der Waals surface area contributed by atoms with E-state index in [4.69, 9.17) is 0 Å². The fourth-order valence-corrected chi connectivity index (χ4v) is 1.46. The molecule has 0 bridgehead atoms. The summed E-state index contributed by atoms with van der Waals surface area (Å²) < 4.78 is 44.7. The predicted molar refractivity (Wildman–Crippen MR) is 55.6 cm³/mol. The molecule has 1 aromatic rings. The highest BCUT2D eigenvalue weighted by molar-refractivity contribution is 14.1. The number of pyridine rings is 1. The predicted octanol–water partition coefficient (Wildman–Crippen LogP) is 2.41. The fraction of sp³-hybridized carbons (Fsp3) is 0.250. The Balaban J connectivity index is 3.25. The molecule has 0 fully saturated rings. The molecule has 0 radical (unpaired) electrons. The van der Waals surface area contributed by atoms with Crippen LogP contribution >= 0.6 is 22.6 Å². The first-order valence-corrected chi connectivity index (χ1v) is 4.90. The number of rotatable bonds is 3. The van der Waals surface area contributed by atoms with Gasteiger partial charge in [-0.1, -0.05) is 0 Å². The summed E-state index contributed by atoms with van der Waals surface area (Å²) in [5.74, 6) is -0.833. The molecule has 0 saturated heterocycles. The van der Waals surface area contributed by atoms with E-state index in [1.54, 1.807) is 22.6 Å². The second-order valence-corrected chi connectivity index (χ2v) is 3.64. The Bertz CT molecular complexity index is 408. The summed E-state index contributed by atoms with van der Waals surface area (Å²) in [7, 11) is 1.20. The first-order chi connectivity index (χ1) is 7.37. The molecule has 0 aromatic carbocycles. The van der Waals surface area contributed by atoms with Crippen molar-refractivity contribution >= 4 is 28.9 Å². The maximum atomic E-state index is 12.0. The van der Waals surface area contributed by atoms with Crippen LogP contribution in [0.3, 0.4) is 0 Å².